The Balaban J connectivity index is 1.71. The van der Waals surface area contributed by atoms with Gasteiger partial charge in [-0.3, -0.25) is 4.79 Å². The Kier molecular flexibility index (Phi) is 5.61. The number of likely N-dealkylation sites (tertiary alicyclic amines) is 1. The highest BCUT2D eigenvalue weighted by Gasteiger charge is 2.32. The van der Waals surface area contributed by atoms with Gasteiger partial charge in [-0.1, -0.05) is 5.16 Å². The molecule has 0 aliphatic carbocycles. The van der Waals surface area contributed by atoms with Crippen molar-refractivity contribution in [3.63, 3.8) is 0 Å². The Hall–Kier alpha value is -2.35. The highest BCUT2D eigenvalue weighted by atomic mass is 79.9. The number of hydrogen-bond donors (Lipinski definition) is 1. The maximum atomic E-state index is 12.7. The summed E-state index contributed by atoms with van der Waals surface area (Å²) in [6.07, 6.45) is 2.12. The number of carboxylic acids is 1. The molecular formula is C18H19BrN2O5. The van der Waals surface area contributed by atoms with E-state index in [1.807, 2.05) is 6.92 Å². The van der Waals surface area contributed by atoms with Crippen LogP contribution in [0.5, 0.6) is 5.75 Å². The number of carboxylic acid groups (broad SMARTS) is 1. The number of halogens is 1. The van der Waals surface area contributed by atoms with E-state index in [9.17, 15) is 14.7 Å². The summed E-state index contributed by atoms with van der Waals surface area (Å²) in [6, 6.07) is 5.99. The fourth-order valence-corrected chi connectivity index (χ4v) is 3.47. The number of amides is 1. The molecule has 1 N–H and O–H groups in total. The second-order valence-corrected chi connectivity index (χ2v) is 7.07. The number of hydrogen-bond acceptors (Lipinski definition) is 5. The highest BCUT2D eigenvalue weighted by Crippen LogP contribution is 2.28. The lowest BCUT2D eigenvalue weighted by atomic mass is 10.0. The third-order valence-electron chi connectivity index (χ3n) is 4.27. The Bertz CT molecular complexity index is 820. The average Bonchev–Trinajstić information content (AvgIpc) is 3.05. The molecule has 26 heavy (non-hydrogen) atoms. The van der Waals surface area contributed by atoms with Crippen molar-refractivity contribution in [3.8, 4) is 5.75 Å². The molecule has 0 saturated carbocycles. The molecule has 7 nitrogen and oxygen atoms in total. The van der Waals surface area contributed by atoms with Crippen molar-refractivity contribution >= 4 is 27.8 Å². The van der Waals surface area contributed by atoms with E-state index in [0.717, 1.165) is 18.5 Å². The summed E-state index contributed by atoms with van der Waals surface area (Å²) in [5, 5.41) is 13.1. The number of carbonyl (C=O) groups excluding carboxylic acids is 1. The molecule has 1 saturated heterocycles. The summed E-state index contributed by atoms with van der Waals surface area (Å²) in [6.45, 7) is 2.50. The standard InChI is InChI=1S/C18H19BrN2O5/c1-11-8-13(26-20-11)10-25-16-6-5-12(9-14(16)19)17(22)21-7-3-2-4-15(21)18(23)24/h5-6,8-9,15H,2-4,7,10H2,1H3,(H,23,24). The summed E-state index contributed by atoms with van der Waals surface area (Å²) in [5.41, 5.74) is 1.20. The number of carbonyl (C=O) groups is 2. The molecule has 2 aromatic rings. The molecular weight excluding hydrogens is 404 g/mol. The van der Waals surface area contributed by atoms with Gasteiger partial charge in [0.1, 0.15) is 18.4 Å². The minimum atomic E-state index is -0.959. The van der Waals surface area contributed by atoms with E-state index in [4.69, 9.17) is 9.26 Å². The van der Waals surface area contributed by atoms with Crippen molar-refractivity contribution < 1.29 is 24.0 Å². The quantitative estimate of drug-likeness (QED) is 0.793. The van der Waals surface area contributed by atoms with E-state index in [0.29, 0.717) is 34.5 Å². The second kappa shape index (κ2) is 7.90. The normalized spacial score (nSPS) is 17.2. The lowest BCUT2D eigenvalue weighted by Gasteiger charge is -2.33. The molecule has 8 heteroatoms. The van der Waals surface area contributed by atoms with Crippen LogP contribution >= 0.6 is 15.9 Å². The smallest absolute Gasteiger partial charge is 0.326 e. The minimum absolute atomic E-state index is 0.222. The summed E-state index contributed by atoms with van der Waals surface area (Å²) >= 11 is 3.40. The summed E-state index contributed by atoms with van der Waals surface area (Å²) in [7, 11) is 0. The largest absolute Gasteiger partial charge is 0.484 e. The first kappa shape index (κ1) is 18.4. The average molecular weight is 423 g/mol. The maximum absolute atomic E-state index is 12.7. The van der Waals surface area contributed by atoms with Gasteiger partial charge in [-0.2, -0.15) is 0 Å². The fourth-order valence-electron chi connectivity index (χ4n) is 2.98. The molecule has 1 aromatic carbocycles. The van der Waals surface area contributed by atoms with Gasteiger partial charge >= 0.3 is 5.97 Å². The van der Waals surface area contributed by atoms with Crippen LogP contribution in [-0.2, 0) is 11.4 Å². The van der Waals surface area contributed by atoms with Gasteiger partial charge in [-0.05, 0) is 60.3 Å². The molecule has 1 aromatic heterocycles. The lowest BCUT2D eigenvalue weighted by molar-refractivity contribution is -0.143. The number of aromatic nitrogens is 1. The van der Waals surface area contributed by atoms with E-state index in [-0.39, 0.29) is 12.5 Å². The van der Waals surface area contributed by atoms with E-state index < -0.39 is 12.0 Å². The van der Waals surface area contributed by atoms with Gasteiger partial charge in [0.05, 0.1) is 10.2 Å². The van der Waals surface area contributed by atoms with Crippen molar-refractivity contribution in [2.45, 2.75) is 38.8 Å². The molecule has 0 bridgehead atoms. The Morgan fingerprint density at radius 3 is 2.85 bits per heavy atom. The van der Waals surface area contributed by atoms with Gasteiger partial charge in [0.2, 0.25) is 0 Å². The van der Waals surface area contributed by atoms with E-state index in [1.165, 1.54) is 4.90 Å². The zero-order valence-corrected chi connectivity index (χ0v) is 15.9. The van der Waals surface area contributed by atoms with E-state index >= 15 is 0 Å². The van der Waals surface area contributed by atoms with Crippen molar-refractivity contribution in [1.82, 2.24) is 10.1 Å². The number of piperidine rings is 1. The number of aliphatic carboxylic acids is 1. The van der Waals surface area contributed by atoms with Crippen LogP contribution in [0, 0.1) is 6.92 Å². The number of benzene rings is 1. The van der Waals surface area contributed by atoms with Gasteiger partial charge in [-0.15, -0.1) is 0 Å². The number of rotatable bonds is 5. The van der Waals surface area contributed by atoms with Crippen LogP contribution in [-0.4, -0.2) is 39.6 Å². The van der Waals surface area contributed by atoms with Crippen LogP contribution in [0.25, 0.3) is 0 Å². The predicted molar refractivity (Wildman–Crippen MR) is 96.0 cm³/mol. The zero-order chi connectivity index (χ0) is 18.7. The van der Waals surface area contributed by atoms with Crippen LogP contribution < -0.4 is 4.74 Å². The minimum Gasteiger partial charge on any atom is -0.484 e. The molecule has 2 heterocycles. The van der Waals surface area contributed by atoms with Crippen molar-refractivity contribution in [2.75, 3.05) is 6.54 Å². The van der Waals surface area contributed by atoms with Crippen LogP contribution in [0.15, 0.2) is 33.3 Å². The third kappa shape index (κ3) is 4.07. The summed E-state index contributed by atoms with van der Waals surface area (Å²) < 4.78 is 11.4. The number of aryl methyl sites for hydroxylation is 1. The van der Waals surface area contributed by atoms with Crippen molar-refractivity contribution in [2.24, 2.45) is 0 Å². The number of ether oxygens (including phenoxy) is 1. The molecule has 3 rings (SSSR count). The molecule has 1 fully saturated rings. The molecule has 1 aliphatic heterocycles. The Morgan fingerprint density at radius 2 is 2.19 bits per heavy atom. The van der Waals surface area contributed by atoms with Gasteiger partial charge in [0, 0.05) is 18.2 Å². The first-order chi connectivity index (χ1) is 12.5. The van der Waals surface area contributed by atoms with Gasteiger partial charge < -0.3 is 19.3 Å². The molecule has 1 amide bonds. The van der Waals surface area contributed by atoms with Gasteiger partial charge in [0.25, 0.3) is 5.91 Å². The maximum Gasteiger partial charge on any atom is 0.326 e. The molecule has 138 valence electrons. The predicted octanol–water partition coefficient (Wildman–Crippen LogP) is 3.40. The van der Waals surface area contributed by atoms with E-state index in [2.05, 4.69) is 21.1 Å². The van der Waals surface area contributed by atoms with Crippen molar-refractivity contribution in [1.29, 1.82) is 0 Å². The van der Waals surface area contributed by atoms with Crippen LogP contribution in [0.1, 0.15) is 41.1 Å². The number of nitrogens with zero attached hydrogens (tertiary/aromatic N) is 2. The first-order valence-corrected chi connectivity index (χ1v) is 9.13. The fraction of sp³-hybridized carbons (Fsp3) is 0.389. The Labute approximate surface area is 159 Å². The second-order valence-electron chi connectivity index (χ2n) is 6.22. The van der Waals surface area contributed by atoms with Crippen LogP contribution in [0.3, 0.4) is 0 Å². The SMILES string of the molecule is Cc1cc(COc2ccc(C(=O)N3CCCCC3C(=O)O)cc2Br)on1. The van der Waals surface area contributed by atoms with Gasteiger partial charge in [0.15, 0.2) is 5.76 Å². The zero-order valence-electron chi connectivity index (χ0n) is 14.3. The van der Waals surface area contributed by atoms with Crippen LogP contribution in [0.2, 0.25) is 0 Å². The molecule has 1 atom stereocenters. The van der Waals surface area contributed by atoms with Crippen molar-refractivity contribution in [3.05, 3.63) is 45.8 Å². The highest BCUT2D eigenvalue weighted by molar-refractivity contribution is 9.10. The summed E-state index contributed by atoms with van der Waals surface area (Å²) in [5.74, 6) is -0.0779. The van der Waals surface area contributed by atoms with E-state index in [1.54, 1.807) is 24.3 Å². The molecule has 0 radical (unpaired) electrons. The topological polar surface area (TPSA) is 92.9 Å². The third-order valence-corrected chi connectivity index (χ3v) is 4.89. The molecule has 1 unspecified atom stereocenters. The first-order valence-electron chi connectivity index (χ1n) is 8.34. The lowest BCUT2D eigenvalue weighted by Crippen LogP contribution is -2.47. The molecule has 0 spiro atoms. The van der Waals surface area contributed by atoms with Gasteiger partial charge in [-0.25, -0.2) is 4.79 Å². The summed E-state index contributed by atoms with van der Waals surface area (Å²) in [4.78, 5) is 25.6. The Morgan fingerprint density at radius 1 is 1.38 bits per heavy atom. The molecule has 1 aliphatic rings. The van der Waals surface area contributed by atoms with Crippen LogP contribution in [0.4, 0.5) is 0 Å². The monoisotopic (exact) mass is 422 g/mol.